The standard InChI is InChI=1S/C16H12Br4O2/c17-15(18)9-1-5-6(2-10(9)15)14(22)8-4-12-11(16(12,19)20)3-7(8)13(5)21/h9-12H,1-4H2. The fraction of sp³-hybridized carbons (Fsp3) is 0.625. The topological polar surface area (TPSA) is 34.1 Å². The molecule has 2 saturated carbocycles. The molecule has 5 aliphatic rings. The highest BCUT2D eigenvalue weighted by Gasteiger charge is 2.67. The van der Waals surface area contributed by atoms with Gasteiger partial charge in [0, 0.05) is 22.3 Å². The second-order valence-corrected chi connectivity index (χ2v) is 14.5. The van der Waals surface area contributed by atoms with E-state index in [2.05, 4.69) is 63.7 Å². The molecule has 0 N–H and O–H groups in total. The van der Waals surface area contributed by atoms with E-state index < -0.39 is 0 Å². The number of hydrogen-bond acceptors (Lipinski definition) is 2. The highest BCUT2D eigenvalue weighted by Crippen LogP contribution is 2.71. The molecule has 2 nitrogen and oxygen atoms in total. The zero-order valence-corrected chi connectivity index (χ0v) is 17.8. The number of Topliss-reactive ketones (excluding diaryl/α,β-unsaturated/α-hetero) is 2. The Morgan fingerprint density at radius 1 is 0.591 bits per heavy atom. The van der Waals surface area contributed by atoms with Crippen LogP contribution in [0.3, 0.4) is 0 Å². The van der Waals surface area contributed by atoms with Crippen molar-refractivity contribution in [2.45, 2.75) is 32.2 Å². The number of allylic oxidation sites excluding steroid dienone is 4. The lowest BCUT2D eigenvalue weighted by molar-refractivity contribution is -0.117. The smallest absolute Gasteiger partial charge is 0.185 e. The van der Waals surface area contributed by atoms with Crippen LogP contribution in [0.1, 0.15) is 25.7 Å². The summed E-state index contributed by atoms with van der Waals surface area (Å²) < 4.78 is -0.136. The van der Waals surface area contributed by atoms with Crippen molar-refractivity contribution in [3.05, 3.63) is 22.3 Å². The number of halogens is 4. The van der Waals surface area contributed by atoms with E-state index in [1.54, 1.807) is 0 Å². The summed E-state index contributed by atoms with van der Waals surface area (Å²) in [5, 5.41) is 0. The van der Waals surface area contributed by atoms with E-state index in [1.165, 1.54) is 0 Å². The zero-order valence-electron chi connectivity index (χ0n) is 11.5. The third kappa shape index (κ3) is 1.71. The summed E-state index contributed by atoms with van der Waals surface area (Å²) in [6, 6.07) is 0. The second-order valence-electron chi connectivity index (χ2n) is 7.16. The molecule has 0 aromatic carbocycles. The van der Waals surface area contributed by atoms with Crippen molar-refractivity contribution < 1.29 is 9.59 Å². The lowest BCUT2D eigenvalue weighted by atomic mass is 9.73. The molecule has 5 rings (SSSR count). The lowest BCUT2D eigenvalue weighted by Gasteiger charge is -2.28. The SMILES string of the molecule is O=C1C2=C(CC3C(C2)C3(Br)Br)C(=O)C2=C1CC1C(C2)C1(Br)Br. The van der Waals surface area contributed by atoms with Crippen LogP contribution in [0.5, 0.6) is 0 Å². The molecule has 0 aliphatic heterocycles. The molecule has 0 spiro atoms. The van der Waals surface area contributed by atoms with E-state index in [1.807, 2.05) is 0 Å². The molecule has 0 aromatic heterocycles. The maximum absolute atomic E-state index is 13.0. The Kier molecular flexibility index (Phi) is 2.92. The van der Waals surface area contributed by atoms with Gasteiger partial charge in [-0.15, -0.1) is 0 Å². The van der Waals surface area contributed by atoms with Crippen LogP contribution in [0.2, 0.25) is 0 Å². The van der Waals surface area contributed by atoms with Gasteiger partial charge < -0.3 is 0 Å². The normalized spacial score (nSPS) is 43.3. The Balaban J connectivity index is 1.52. The van der Waals surface area contributed by atoms with Crippen molar-refractivity contribution in [3.63, 3.8) is 0 Å². The van der Waals surface area contributed by atoms with Crippen LogP contribution in [-0.2, 0) is 9.59 Å². The third-order valence-corrected chi connectivity index (χ3v) is 11.0. The lowest BCUT2D eigenvalue weighted by Crippen LogP contribution is -2.28. The number of rotatable bonds is 0. The summed E-state index contributed by atoms with van der Waals surface area (Å²) in [6.45, 7) is 0. The van der Waals surface area contributed by atoms with Gasteiger partial charge in [-0.25, -0.2) is 0 Å². The van der Waals surface area contributed by atoms with Gasteiger partial charge in [-0.1, -0.05) is 63.7 Å². The molecular weight excluding hydrogens is 544 g/mol. The fourth-order valence-electron chi connectivity index (χ4n) is 4.69. The maximum Gasteiger partial charge on any atom is 0.185 e. The number of fused-ring (bicyclic) bond motifs is 2. The van der Waals surface area contributed by atoms with Crippen LogP contribution in [0.4, 0.5) is 0 Å². The van der Waals surface area contributed by atoms with Gasteiger partial charge >= 0.3 is 0 Å². The van der Waals surface area contributed by atoms with Crippen LogP contribution < -0.4 is 0 Å². The van der Waals surface area contributed by atoms with Crippen molar-refractivity contribution >= 4 is 75.3 Å². The Labute approximate surface area is 162 Å². The summed E-state index contributed by atoms with van der Waals surface area (Å²) in [5.74, 6) is 2.07. The van der Waals surface area contributed by atoms with Crippen molar-refractivity contribution in [1.29, 1.82) is 0 Å². The first-order valence-electron chi connectivity index (χ1n) is 7.53. The van der Waals surface area contributed by atoms with E-state index in [0.717, 1.165) is 48.0 Å². The minimum atomic E-state index is -0.0680. The van der Waals surface area contributed by atoms with Gasteiger partial charge in [0.15, 0.2) is 11.6 Å². The highest BCUT2D eigenvalue weighted by molar-refractivity contribution is 9.26. The molecule has 116 valence electrons. The Bertz CT molecular complexity index is 616. The van der Waals surface area contributed by atoms with Crippen molar-refractivity contribution in [2.75, 3.05) is 0 Å². The van der Waals surface area contributed by atoms with Crippen molar-refractivity contribution in [3.8, 4) is 0 Å². The van der Waals surface area contributed by atoms with Gasteiger partial charge in [0.05, 0.1) is 6.47 Å². The minimum Gasteiger partial charge on any atom is -0.289 e. The van der Waals surface area contributed by atoms with Gasteiger partial charge in [0.1, 0.15) is 0 Å². The van der Waals surface area contributed by atoms with Gasteiger partial charge in [0.2, 0.25) is 0 Å². The molecule has 6 heteroatoms. The largest absolute Gasteiger partial charge is 0.289 e. The van der Waals surface area contributed by atoms with E-state index in [4.69, 9.17) is 0 Å². The molecule has 22 heavy (non-hydrogen) atoms. The number of ketones is 2. The average Bonchev–Trinajstić information content (AvgIpc) is 3.24. The summed E-state index contributed by atoms with van der Waals surface area (Å²) in [7, 11) is 0. The van der Waals surface area contributed by atoms with E-state index in [-0.39, 0.29) is 18.0 Å². The fourth-order valence-corrected chi connectivity index (χ4v) is 8.01. The predicted octanol–water partition coefficient (Wildman–Crippen LogP) is 4.78. The molecule has 5 aliphatic carbocycles. The van der Waals surface area contributed by atoms with Crippen LogP contribution in [0.15, 0.2) is 22.3 Å². The van der Waals surface area contributed by atoms with Crippen LogP contribution in [-0.4, -0.2) is 18.0 Å². The molecule has 4 atom stereocenters. The first kappa shape index (κ1) is 15.0. The van der Waals surface area contributed by atoms with Gasteiger partial charge in [-0.3, -0.25) is 9.59 Å². The first-order chi connectivity index (χ1) is 10.2. The molecular formula is C16H12Br4O2. The summed E-state index contributed by atoms with van der Waals surface area (Å²) in [5.41, 5.74) is 3.22. The number of hydrogen-bond donors (Lipinski definition) is 0. The molecule has 0 aromatic rings. The van der Waals surface area contributed by atoms with Crippen LogP contribution in [0, 0.1) is 23.7 Å². The zero-order chi connectivity index (χ0) is 15.6. The van der Waals surface area contributed by atoms with E-state index in [9.17, 15) is 9.59 Å². The van der Waals surface area contributed by atoms with Gasteiger partial charge in [-0.05, 0) is 49.4 Å². The van der Waals surface area contributed by atoms with Gasteiger partial charge in [-0.2, -0.15) is 0 Å². The quantitative estimate of drug-likeness (QED) is 0.318. The highest BCUT2D eigenvalue weighted by atomic mass is 79.9. The molecule has 4 unspecified atom stereocenters. The molecule has 0 saturated heterocycles. The number of carbonyl (C=O) groups is 2. The third-order valence-electron chi connectivity index (χ3n) is 6.25. The van der Waals surface area contributed by atoms with Crippen molar-refractivity contribution in [1.82, 2.24) is 0 Å². The number of carbonyl (C=O) groups excluding carboxylic acids is 2. The molecule has 2 fully saturated rings. The average molecular weight is 556 g/mol. The Morgan fingerprint density at radius 3 is 1.05 bits per heavy atom. The number of alkyl halides is 4. The Hall–Kier alpha value is 0.740. The van der Waals surface area contributed by atoms with Gasteiger partial charge in [0.25, 0.3) is 0 Å². The summed E-state index contributed by atoms with van der Waals surface area (Å²) in [6.07, 6.45) is 2.94. The molecule has 0 radical (unpaired) electrons. The van der Waals surface area contributed by atoms with E-state index in [0.29, 0.717) is 23.7 Å². The summed E-state index contributed by atoms with van der Waals surface area (Å²) >= 11 is 14.8. The van der Waals surface area contributed by atoms with Crippen molar-refractivity contribution in [2.24, 2.45) is 23.7 Å². The van der Waals surface area contributed by atoms with Crippen LogP contribution >= 0.6 is 63.7 Å². The molecule has 0 amide bonds. The maximum atomic E-state index is 13.0. The monoisotopic (exact) mass is 552 g/mol. The van der Waals surface area contributed by atoms with Crippen LogP contribution in [0.25, 0.3) is 0 Å². The molecule has 0 heterocycles. The van der Waals surface area contributed by atoms with E-state index >= 15 is 0 Å². The summed E-state index contributed by atoms with van der Waals surface area (Å²) in [4.78, 5) is 25.9. The second kappa shape index (κ2) is 4.28. The Morgan fingerprint density at radius 2 is 0.818 bits per heavy atom. The minimum absolute atomic E-state index is 0.0680. The molecule has 0 bridgehead atoms. The predicted molar refractivity (Wildman–Crippen MR) is 97.7 cm³/mol. The first-order valence-corrected chi connectivity index (χ1v) is 10.7.